The fourth-order valence-electron chi connectivity index (χ4n) is 2.37. The van der Waals surface area contributed by atoms with Crippen LogP contribution in [0.3, 0.4) is 0 Å². The van der Waals surface area contributed by atoms with E-state index in [4.69, 9.17) is 21.6 Å². The number of pyridine rings is 1. The van der Waals surface area contributed by atoms with Gasteiger partial charge < -0.3 is 10.1 Å². The third kappa shape index (κ3) is 4.45. The van der Waals surface area contributed by atoms with Crippen LogP contribution in [0, 0.1) is 18.3 Å². The molecular formula is C20H13BrClN3O2. The second-order valence-corrected chi connectivity index (χ2v) is 6.92. The van der Waals surface area contributed by atoms with Crippen LogP contribution in [0.15, 0.2) is 59.2 Å². The maximum Gasteiger partial charge on any atom is 0.256 e. The van der Waals surface area contributed by atoms with E-state index >= 15 is 0 Å². The fourth-order valence-corrected chi connectivity index (χ4v) is 2.97. The summed E-state index contributed by atoms with van der Waals surface area (Å²) in [6.07, 6.45) is 1.56. The van der Waals surface area contributed by atoms with Gasteiger partial charge in [0.2, 0.25) is 5.88 Å². The summed E-state index contributed by atoms with van der Waals surface area (Å²) in [6, 6.07) is 15.6. The number of nitriles is 1. The molecule has 1 N–H and O–H groups in total. The number of aryl methyl sites for hydroxylation is 1. The summed E-state index contributed by atoms with van der Waals surface area (Å²) in [7, 11) is 0. The van der Waals surface area contributed by atoms with Gasteiger partial charge in [-0.15, -0.1) is 0 Å². The first kappa shape index (κ1) is 18.9. The molecular weight excluding hydrogens is 430 g/mol. The number of amides is 1. The molecule has 0 aliphatic rings. The van der Waals surface area contributed by atoms with E-state index in [1.54, 1.807) is 54.7 Å². The molecule has 0 saturated heterocycles. The lowest BCUT2D eigenvalue weighted by molar-refractivity contribution is 0.102. The maximum absolute atomic E-state index is 12.5. The molecule has 1 heterocycles. The highest BCUT2D eigenvalue weighted by molar-refractivity contribution is 9.10. The number of benzene rings is 2. The molecule has 1 aromatic heterocycles. The number of nitrogens with one attached hydrogen (secondary N) is 1. The van der Waals surface area contributed by atoms with Crippen molar-refractivity contribution in [3.05, 3.63) is 80.9 Å². The minimum Gasteiger partial charge on any atom is -0.438 e. The van der Waals surface area contributed by atoms with E-state index in [2.05, 4.69) is 26.2 Å². The van der Waals surface area contributed by atoms with Crippen molar-refractivity contribution in [2.75, 3.05) is 5.32 Å². The minimum absolute atomic E-state index is 0.235. The predicted molar refractivity (Wildman–Crippen MR) is 107 cm³/mol. The number of nitrogens with zero attached hydrogens (tertiary/aromatic N) is 2. The van der Waals surface area contributed by atoms with Gasteiger partial charge in [-0.3, -0.25) is 4.79 Å². The van der Waals surface area contributed by atoms with Gasteiger partial charge in [-0.2, -0.15) is 5.26 Å². The first-order valence-electron chi connectivity index (χ1n) is 7.88. The molecule has 3 aromatic rings. The minimum atomic E-state index is -0.280. The van der Waals surface area contributed by atoms with E-state index in [0.29, 0.717) is 32.1 Å². The lowest BCUT2D eigenvalue weighted by Crippen LogP contribution is -2.13. The van der Waals surface area contributed by atoms with Gasteiger partial charge in [-0.05, 0) is 76.9 Å². The van der Waals surface area contributed by atoms with E-state index < -0.39 is 0 Å². The van der Waals surface area contributed by atoms with Gasteiger partial charge >= 0.3 is 0 Å². The molecule has 0 unspecified atom stereocenters. The molecule has 1 amide bonds. The lowest BCUT2D eigenvalue weighted by atomic mass is 10.1. The SMILES string of the molecule is Cc1cc(Oc2ncccc2C#N)ccc1NC(=O)c1cc(Cl)ccc1Br. The van der Waals surface area contributed by atoms with Crippen molar-refractivity contribution in [2.45, 2.75) is 6.92 Å². The first-order valence-corrected chi connectivity index (χ1v) is 9.05. The second-order valence-electron chi connectivity index (χ2n) is 5.63. The van der Waals surface area contributed by atoms with Crippen LogP contribution in [0.1, 0.15) is 21.5 Å². The highest BCUT2D eigenvalue weighted by Crippen LogP contribution is 2.28. The average molecular weight is 443 g/mol. The molecule has 134 valence electrons. The van der Waals surface area contributed by atoms with E-state index in [9.17, 15) is 4.79 Å². The third-order valence-electron chi connectivity index (χ3n) is 3.73. The molecule has 0 fully saturated rings. The van der Waals surface area contributed by atoms with E-state index in [1.165, 1.54) is 0 Å². The predicted octanol–water partition coefficient (Wildman–Crippen LogP) is 5.72. The number of carbonyl (C=O) groups excluding carboxylic acids is 1. The molecule has 0 aliphatic carbocycles. The summed E-state index contributed by atoms with van der Waals surface area (Å²) in [4.78, 5) is 16.6. The average Bonchev–Trinajstić information content (AvgIpc) is 2.66. The van der Waals surface area contributed by atoms with Gasteiger partial charge in [0.1, 0.15) is 17.4 Å². The Morgan fingerprint density at radius 3 is 2.81 bits per heavy atom. The van der Waals surface area contributed by atoms with Crippen LogP contribution in [0.4, 0.5) is 5.69 Å². The Labute approximate surface area is 169 Å². The number of aromatic nitrogens is 1. The normalized spacial score (nSPS) is 10.1. The van der Waals surface area contributed by atoms with Crippen LogP contribution in [0.2, 0.25) is 5.02 Å². The zero-order valence-corrected chi connectivity index (χ0v) is 16.5. The van der Waals surface area contributed by atoms with Crippen molar-refractivity contribution in [3.8, 4) is 17.7 Å². The number of halogens is 2. The van der Waals surface area contributed by atoms with Gasteiger partial charge in [0.05, 0.1) is 5.56 Å². The molecule has 0 bridgehead atoms. The largest absolute Gasteiger partial charge is 0.438 e. The number of hydrogen-bond acceptors (Lipinski definition) is 4. The summed E-state index contributed by atoms with van der Waals surface area (Å²) in [5.41, 5.74) is 2.22. The van der Waals surface area contributed by atoms with Crippen molar-refractivity contribution < 1.29 is 9.53 Å². The van der Waals surface area contributed by atoms with E-state index in [1.807, 2.05) is 13.0 Å². The molecule has 0 atom stereocenters. The highest BCUT2D eigenvalue weighted by Gasteiger charge is 2.13. The molecule has 0 saturated carbocycles. The molecule has 27 heavy (non-hydrogen) atoms. The molecule has 3 rings (SSSR count). The van der Waals surface area contributed by atoms with Crippen LogP contribution in [0.5, 0.6) is 11.6 Å². The standard InChI is InChI=1S/C20H13BrClN3O2/c1-12-9-15(27-20-13(11-23)3-2-8-24-20)5-7-18(12)25-19(26)16-10-14(22)4-6-17(16)21/h2-10H,1H3,(H,25,26). The Morgan fingerprint density at radius 2 is 2.07 bits per heavy atom. The number of ether oxygens (including phenoxy) is 1. The van der Waals surface area contributed by atoms with Crippen molar-refractivity contribution in [1.82, 2.24) is 4.98 Å². The number of carbonyl (C=O) groups is 1. The topological polar surface area (TPSA) is 75.0 Å². The summed E-state index contributed by atoms with van der Waals surface area (Å²) in [6.45, 7) is 1.85. The smallest absolute Gasteiger partial charge is 0.256 e. The van der Waals surface area contributed by atoms with Crippen LogP contribution in [-0.4, -0.2) is 10.9 Å². The van der Waals surface area contributed by atoms with Crippen molar-refractivity contribution in [1.29, 1.82) is 5.26 Å². The summed E-state index contributed by atoms with van der Waals surface area (Å²) < 4.78 is 6.34. The fraction of sp³-hybridized carbons (Fsp3) is 0.0500. The Balaban J connectivity index is 1.80. The van der Waals surface area contributed by atoms with Gasteiger partial charge in [-0.1, -0.05) is 11.6 Å². The molecule has 5 nitrogen and oxygen atoms in total. The number of anilines is 1. The molecule has 0 spiro atoms. The Kier molecular flexibility index (Phi) is 5.75. The second kappa shape index (κ2) is 8.21. The number of rotatable bonds is 4. The molecule has 7 heteroatoms. The summed E-state index contributed by atoms with van der Waals surface area (Å²) in [5, 5.41) is 12.4. The first-order chi connectivity index (χ1) is 13.0. The van der Waals surface area contributed by atoms with Crippen LogP contribution < -0.4 is 10.1 Å². The van der Waals surface area contributed by atoms with Gasteiger partial charge in [0, 0.05) is 21.4 Å². The molecule has 0 aliphatic heterocycles. The van der Waals surface area contributed by atoms with Crippen molar-refractivity contribution in [2.24, 2.45) is 0 Å². The Morgan fingerprint density at radius 1 is 1.26 bits per heavy atom. The number of hydrogen-bond donors (Lipinski definition) is 1. The van der Waals surface area contributed by atoms with Crippen molar-refractivity contribution in [3.63, 3.8) is 0 Å². The monoisotopic (exact) mass is 441 g/mol. The zero-order valence-electron chi connectivity index (χ0n) is 14.2. The van der Waals surface area contributed by atoms with E-state index in [-0.39, 0.29) is 11.8 Å². The van der Waals surface area contributed by atoms with Crippen LogP contribution in [0.25, 0.3) is 0 Å². The van der Waals surface area contributed by atoms with Crippen LogP contribution in [-0.2, 0) is 0 Å². The Hall–Kier alpha value is -2.88. The summed E-state index contributed by atoms with van der Waals surface area (Å²) in [5.74, 6) is 0.473. The van der Waals surface area contributed by atoms with Gasteiger partial charge in [0.25, 0.3) is 5.91 Å². The van der Waals surface area contributed by atoms with E-state index in [0.717, 1.165) is 5.56 Å². The van der Waals surface area contributed by atoms with Gasteiger partial charge in [0.15, 0.2) is 0 Å². The quantitative estimate of drug-likeness (QED) is 0.560. The van der Waals surface area contributed by atoms with Crippen LogP contribution >= 0.6 is 27.5 Å². The van der Waals surface area contributed by atoms with Crippen molar-refractivity contribution >= 4 is 39.1 Å². The molecule has 2 aromatic carbocycles. The highest BCUT2D eigenvalue weighted by atomic mass is 79.9. The third-order valence-corrected chi connectivity index (χ3v) is 4.65. The Bertz CT molecular complexity index is 1060. The molecule has 0 radical (unpaired) electrons. The van der Waals surface area contributed by atoms with Gasteiger partial charge in [-0.25, -0.2) is 4.98 Å². The maximum atomic E-state index is 12.5. The zero-order chi connectivity index (χ0) is 19.4. The summed E-state index contributed by atoms with van der Waals surface area (Å²) >= 11 is 9.32. The lowest BCUT2D eigenvalue weighted by Gasteiger charge is -2.12.